The molecular formula is C20H23FN2O5S. The van der Waals surface area contributed by atoms with Crippen molar-refractivity contribution in [1.82, 2.24) is 4.72 Å². The fraction of sp³-hybridized carbons (Fsp3) is 0.350. The summed E-state index contributed by atoms with van der Waals surface area (Å²) in [6, 6.07) is 9.36. The van der Waals surface area contributed by atoms with Gasteiger partial charge in [0.1, 0.15) is 0 Å². The van der Waals surface area contributed by atoms with Gasteiger partial charge in [-0.25, -0.2) is 17.5 Å². The third-order valence-electron chi connectivity index (χ3n) is 4.83. The van der Waals surface area contributed by atoms with E-state index in [4.69, 9.17) is 9.47 Å². The number of amides is 1. The number of nitrogens with one attached hydrogen (secondary N) is 2. The van der Waals surface area contributed by atoms with Crippen LogP contribution in [0.15, 0.2) is 47.4 Å². The second-order valence-electron chi connectivity index (χ2n) is 6.86. The number of rotatable bonds is 7. The molecule has 2 N–H and O–H groups in total. The van der Waals surface area contributed by atoms with E-state index >= 15 is 0 Å². The zero-order valence-electron chi connectivity index (χ0n) is 16.1. The van der Waals surface area contributed by atoms with Gasteiger partial charge in [-0.1, -0.05) is 6.07 Å². The number of ether oxygens (including phenoxy) is 2. The predicted octanol–water partition coefficient (Wildman–Crippen LogP) is 2.79. The van der Waals surface area contributed by atoms with E-state index in [0.29, 0.717) is 18.9 Å². The molecule has 7 nitrogen and oxygen atoms in total. The Bertz CT molecular complexity index is 990. The molecule has 156 valence electrons. The average molecular weight is 422 g/mol. The van der Waals surface area contributed by atoms with Crippen molar-refractivity contribution in [2.24, 2.45) is 5.92 Å². The normalized spacial score (nSPS) is 17.7. The first kappa shape index (κ1) is 21.2. The van der Waals surface area contributed by atoms with Crippen molar-refractivity contribution in [2.45, 2.75) is 24.3 Å². The van der Waals surface area contributed by atoms with Crippen LogP contribution in [0.2, 0.25) is 0 Å². The molecule has 2 atom stereocenters. The molecule has 3 rings (SSSR count). The molecule has 0 bridgehead atoms. The van der Waals surface area contributed by atoms with Crippen LogP contribution in [0.3, 0.4) is 0 Å². The van der Waals surface area contributed by atoms with Crippen LogP contribution in [0.4, 0.5) is 10.1 Å². The van der Waals surface area contributed by atoms with Crippen LogP contribution in [0.1, 0.15) is 23.7 Å². The van der Waals surface area contributed by atoms with Gasteiger partial charge in [-0.2, -0.15) is 0 Å². The van der Waals surface area contributed by atoms with Crippen LogP contribution in [0.25, 0.3) is 0 Å². The van der Waals surface area contributed by atoms with E-state index in [-0.39, 0.29) is 28.2 Å². The van der Waals surface area contributed by atoms with Crippen molar-refractivity contribution in [2.75, 3.05) is 25.6 Å². The van der Waals surface area contributed by atoms with E-state index in [0.717, 1.165) is 6.42 Å². The fourth-order valence-corrected chi connectivity index (χ4v) is 4.46. The monoisotopic (exact) mass is 422 g/mol. The third-order valence-corrected chi connectivity index (χ3v) is 6.39. The van der Waals surface area contributed by atoms with Gasteiger partial charge in [0.2, 0.25) is 10.0 Å². The van der Waals surface area contributed by atoms with Crippen LogP contribution in [0, 0.1) is 11.7 Å². The van der Waals surface area contributed by atoms with Gasteiger partial charge in [-0.15, -0.1) is 0 Å². The number of carbonyl (C=O) groups is 1. The summed E-state index contributed by atoms with van der Waals surface area (Å²) >= 11 is 0. The van der Waals surface area contributed by atoms with Crippen molar-refractivity contribution in [1.29, 1.82) is 0 Å². The minimum atomic E-state index is -3.80. The molecule has 0 aliphatic carbocycles. The van der Waals surface area contributed by atoms with Gasteiger partial charge in [0.15, 0.2) is 11.6 Å². The SMILES string of the molecule is COc1cc(NC(=O)c2cccc(S(=O)(=O)NC(C)C3CCOC3)c2)ccc1F. The summed E-state index contributed by atoms with van der Waals surface area (Å²) < 4.78 is 51.8. The number of carbonyl (C=O) groups excluding carboxylic acids is 1. The van der Waals surface area contributed by atoms with E-state index in [1.165, 1.54) is 49.6 Å². The highest BCUT2D eigenvalue weighted by Crippen LogP contribution is 2.23. The molecule has 1 saturated heterocycles. The van der Waals surface area contributed by atoms with E-state index < -0.39 is 21.7 Å². The Morgan fingerprint density at radius 1 is 1.28 bits per heavy atom. The molecule has 0 radical (unpaired) electrons. The summed E-state index contributed by atoms with van der Waals surface area (Å²) in [5, 5.41) is 2.61. The van der Waals surface area contributed by atoms with Gasteiger partial charge in [-0.05, 0) is 43.7 Å². The van der Waals surface area contributed by atoms with Crippen molar-refractivity contribution >= 4 is 21.6 Å². The van der Waals surface area contributed by atoms with Gasteiger partial charge >= 0.3 is 0 Å². The molecule has 2 unspecified atom stereocenters. The maximum Gasteiger partial charge on any atom is 0.255 e. The maximum absolute atomic E-state index is 13.5. The van der Waals surface area contributed by atoms with Gasteiger partial charge in [0.05, 0.1) is 18.6 Å². The third kappa shape index (κ3) is 5.11. The molecule has 1 aliphatic rings. The lowest BCUT2D eigenvalue weighted by atomic mass is 10.0. The first-order valence-corrected chi connectivity index (χ1v) is 10.6. The molecule has 2 aromatic carbocycles. The van der Waals surface area contributed by atoms with E-state index in [1.54, 1.807) is 6.92 Å². The maximum atomic E-state index is 13.5. The number of hydrogen-bond acceptors (Lipinski definition) is 5. The number of benzene rings is 2. The van der Waals surface area contributed by atoms with Crippen LogP contribution in [0.5, 0.6) is 5.75 Å². The predicted molar refractivity (Wildman–Crippen MR) is 106 cm³/mol. The Morgan fingerprint density at radius 2 is 2.07 bits per heavy atom. The number of hydrogen-bond donors (Lipinski definition) is 2. The number of halogens is 1. The molecule has 1 aliphatic heterocycles. The topological polar surface area (TPSA) is 93.7 Å². The molecule has 9 heteroatoms. The second kappa shape index (κ2) is 8.89. The van der Waals surface area contributed by atoms with Gasteiger partial charge in [-0.3, -0.25) is 4.79 Å². The minimum Gasteiger partial charge on any atom is -0.494 e. The Balaban J connectivity index is 1.75. The molecule has 29 heavy (non-hydrogen) atoms. The summed E-state index contributed by atoms with van der Waals surface area (Å²) in [6.45, 7) is 2.95. The average Bonchev–Trinajstić information content (AvgIpc) is 3.24. The minimum absolute atomic E-state index is 0.00629. The van der Waals surface area contributed by atoms with Crippen LogP contribution in [-0.2, 0) is 14.8 Å². The largest absolute Gasteiger partial charge is 0.494 e. The molecule has 0 aromatic heterocycles. The molecule has 1 fully saturated rings. The van der Waals surface area contributed by atoms with Crippen molar-refractivity contribution in [3.8, 4) is 5.75 Å². The number of methoxy groups -OCH3 is 1. The zero-order chi connectivity index (χ0) is 21.0. The van der Waals surface area contributed by atoms with Gasteiger partial charge in [0, 0.05) is 35.9 Å². The van der Waals surface area contributed by atoms with Gasteiger partial charge < -0.3 is 14.8 Å². The summed E-state index contributed by atoms with van der Waals surface area (Å²) in [5.41, 5.74) is 0.488. The van der Waals surface area contributed by atoms with Crippen molar-refractivity contribution < 1.29 is 27.1 Å². The summed E-state index contributed by atoms with van der Waals surface area (Å²) in [7, 11) is -2.47. The standard InChI is InChI=1S/C20H23FN2O5S/c1-13(15-8-9-28-12-15)23-29(25,26)17-5-3-4-14(10-17)20(24)22-16-6-7-18(21)19(11-16)27-2/h3-7,10-11,13,15,23H,8-9,12H2,1-2H3,(H,22,24). The highest BCUT2D eigenvalue weighted by Gasteiger charge is 2.27. The smallest absolute Gasteiger partial charge is 0.255 e. The Hall–Kier alpha value is -2.49. The fourth-order valence-electron chi connectivity index (χ4n) is 3.10. The van der Waals surface area contributed by atoms with E-state index in [9.17, 15) is 17.6 Å². The van der Waals surface area contributed by atoms with Crippen LogP contribution >= 0.6 is 0 Å². The summed E-state index contributed by atoms with van der Waals surface area (Å²) in [6.07, 6.45) is 0.799. The first-order valence-electron chi connectivity index (χ1n) is 9.15. The van der Waals surface area contributed by atoms with Gasteiger partial charge in [0.25, 0.3) is 5.91 Å². The first-order chi connectivity index (χ1) is 13.8. The Kier molecular flexibility index (Phi) is 6.51. The summed E-state index contributed by atoms with van der Waals surface area (Å²) in [5.74, 6) is -0.961. The molecular weight excluding hydrogens is 399 g/mol. The lowest BCUT2D eigenvalue weighted by Gasteiger charge is -2.19. The molecule has 0 spiro atoms. The highest BCUT2D eigenvalue weighted by atomic mass is 32.2. The Morgan fingerprint density at radius 3 is 2.76 bits per heavy atom. The van der Waals surface area contributed by atoms with E-state index in [2.05, 4.69) is 10.0 Å². The molecule has 2 aromatic rings. The van der Waals surface area contributed by atoms with Crippen molar-refractivity contribution in [3.05, 3.63) is 53.8 Å². The molecule has 0 saturated carbocycles. The summed E-state index contributed by atoms with van der Waals surface area (Å²) in [4.78, 5) is 12.5. The highest BCUT2D eigenvalue weighted by molar-refractivity contribution is 7.89. The Labute approximate surface area is 169 Å². The molecule has 1 amide bonds. The van der Waals surface area contributed by atoms with E-state index in [1.807, 2.05) is 0 Å². The quantitative estimate of drug-likeness (QED) is 0.716. The second-order valence-corrected chi connectivity index (χ2v) is 8.58. The molecule has 1 heterocycles. The lowest BCUT2D eigenvalue weighted by molar-refractivity contribution is 0.102. The van der Waals surface area contributed by atoms with Crippen LogP contribution in [-0.4, -0.2) is 40.7 Å². The van der Waals surface area contributed by atoms with Crippen molar-refractivity contribution in [3.63, 3.8) is 0 Å². The zero-order valence-corrected chi connectivity index (χ0v) is 17.0. The lowest BCUT2D eigenvalue weighted by Crippen LogP contribution is -2.38. The van der Waals surface area contributed by atoms with Crippen LogP contribution < -0.4 is 14.8 Å². The number of sulfonamides is 1. The number of anilines is 1.